The third-order valence-corrected chi connectivity index (χ3v) is 7.01. The molecule has 3 aromatic carbocycles. The molecule has 42 heavy (non-hydrogen) atoms. The van der Waals surface area contributed by atoms with Crippen LogP contribution in [0.1, 0.15) is 27.9 Å². The molecule has 0 saturated carbocycles. The summed E-state index contributed by atoms with van der Waals surface area (Å²) >= 11 is 0. The number of piperazine rings is 1. The van der Waals surface area contributed by atoms with Crippen LogP contribution in [0.15, 0.2) is 60.7 Å². The van der Waals surface area contributed by atoms with E-state index in [1.54, 1.807) is 18.2 Å². The van der Waals surface area contributed by atoms with E-state index < -0.39 is 48.9 Å². The van der Waals surface area contributed by atoms with E-state index in [4.69, 9.17) is 4.74 Å². The maximum Gasteiger partial charge on any atom is 0.573 e. The molecule has 13 heteroatoms. The quantitative estimate of drug-likeness (QED) is 0.401. The van der Waals surface area contributed by atoms with Gasteiger partial charge >= 0.3 is 6.36 Å². The molecule has 3 amide bonds. The number of alkyl halides is 5. The fourth-order valence-corrected chi connectivity index (χ4v) is 4.92. The van der Waals surface area contributed by atoms with Crippen LogP contribution < -0.4 is 14.8 Å². The molecule has 0 radical (unpaired) electrons. The lowest BCUT2D eigenvalue weighted by molar-refractivity contribution is -0.274. The fourth-order valence-electron chi connectivity index (χ4n) is 4.92. The van der Waals surface area contributed by atoms with Crippen molar-refractivity contribution in [3.8, 4) is 22.6 Å². The van der Waals surface area contributed by atoms with E-state index in [0.717, 1.165) is 12.1 Å². The summed E-state index contributed by atoms with van der Waals surface area (Å²) in [4.78, 5) is 42.3. The summed E-state index contributed by atoms with van der Waals surface area (Å²) < 4.78 is 73.2. The highest BCUT2D eigenvalue weighted by atomic mass is 19.4. The van der Waals surface area contributed by atoms with Gasteiger partial charge in [-0.15, -0.1) is 13.2 Å². The summed E-state index contributed by atoms with van der Waals surface area (Å²) in [5, 5.41) is 2.72. The van der Waals surface area contributed by atoms with Gasteiger partial charge in [0.2, 0.25) is 5.91 Å². The lowest BCUT2D eigenvalue weighted by Gasteiger charge is -2.39. The van der Waals surface area contributed by atoms with Crippen molar-refractivity contribution < 1.29 is 45.8 Å². The maximum absolute atomic E-state index is 13.5. The standard InChI is InChI=1S/C29H24F5N3O5/c1-16-11-20(42-29(32,33)34)6-8-24(16)41-15-25(38)36-9-10-37-23(14-36)27(39)35-22-7-5-18(13-21(22)28(37)40)17-3-2-4-19(12-17)26(30)31/h2-8,11-13,23,26H,9-10,14-15H2,1H3,(H,35,39). The number of carbonyl (C=O) groups excluding carboxylic acids is 3. The highest BCUT2D eigenvalue weighted by Gasteiger charge is 2.40. The zero-order chi connectivity index (χ0) is 30.2. The predicted molar refractivity (Wildman–Crippen MR) is 140 cm³/mol. The van der Waals surface area contributed by atoms with E-state index in [-0.39, 0.29) is 42.2 Å². The molecule has 0 bridgehead atoms. The third-order valence-electron chi connectivity index (χ3n) is 7.01. The van der Waals surface area contributed by atoms with Crippen LogP contribution >= 0.6 is 0 Å². The first-order chi connectivity index (χ1) is 19.9. The number of anilines is 1. The zero-order valence-corrected chi connectivity index (χ0v) is 22.1. The first kappa shape index (κ1) is 28.8. The van der Waals surface area contributed by atoms with Crippen molar-refractivity contribution >= 4 is 23.4 Å². The number of hydrogen-bond acceptors (Lipinski definition) is 5. The Hall–Kier alpha value is -4.68. The van der Waals surface area contributed by atoms with Gasteiger partial charge < -0.3 is 24.6 Å². The monoisotopic (exact) mass is 589 g/mol. The van der Waals surface area contributed by atoms with Crippen LogP contribution in [0.4, 0.5) is 27.6 Å². The number of aryl methyl sites for hydroxylation is 1. The third kappa shape index (κ3) is 6.14. The number of nitrogens with zero attached hydrogens (tertiary/aromatic N) is 2. The summed E-state index contributed by atoms with van der Waals surface area (Å²) in [7, 11) is 0. The number of halogens is 5. The van der Waals surface area contributed by atoms with Gasteiger partial charge in [-0.05, 0) is 60.0 Å². The number of hydrogen-bond donors (Lipinski definition) is 1. The zero-order valence-electron chi connectivity index (χ0n) is 22.1. The Morgan fingerprint density at radius 1 is 1.02 bits per heavy atom. The average Bonchev–Trinajstić information content (AvgIpc) is 3.05. The molecule has 1 fully saturated rings. The Kier molecular flexibility index (Phi) is 7.76. The first-order valence-corrected chi connectivity index (χ1v) is 12.8. The number of carbonyl (C=O) groups is 3. The summed E-state index contributed by atoms with van der Waals surface area (Å²) in [6, 6.07) is 13.0. The van der Waals surface area contributed by atoms with Gasteiger partial charge in [0.25, 0.3) is 18.2 Å². The SMILES string of the molecule is Cc1cc(OC(F)(F)F)ccc1OCC(=O)N1CCN2C(=O)c3cc(-c4cccc(C(F)F)c4)ccc3NC(=O)C2C1. The molecule has 2 heterocycles. The number of rotatable bonds is 6. The lowest BCUT2D eigenvalue weighted by Crippen LogP contribution is -2.60. The second-order valence-electron chi connectivity index (χ2n) is 9.79. The van der Waals surface area contributed by atoms with Crippen molar-refractivity contribution in [3.05, 3.63) is 77.4 Å². The topological polar surface area (TPSA) is 88.2 Å². The van der Waals surface area contributed by atoms with Gasteiger partial charge in [-0.25, -0.2) is 8.78 Å². The molecular weight excluding hydrogens is 565 g/mol. The van der Waals surface area contributed by atoms with Crippen molar-refractivity contribution in [2.75, 3.05) is 31.6 Å². The van der Waals surface area contributed by atoms with Gasteiger partial charge in [0.05, 0.1) is 17.8 Å². The van der Waals surface area contributed by atoms with E-state index in [1.807, 2.05) is 0 Å². The Morgan fingerprint density at radius 3 is 2.50 bits per heavy atom. The van der Waals surface area contributed by atoms with E-state index in [1.165, 1.54) is 47.1 Å². The average molecular weight is 590 g/mol. The molecule has 1 saturated heterocycles. The number of ether oxygens (including phenoxy) is 2. The summed E-state index contributed by atoms with van der Waals surface area (Å²) in [5.74, 6) is -1.66. The van der Waals surface area contributed by atoms with Crippen LogP contribution in [0.25, 0.3) is 11.1 Å². The number of benzene rings is 3. The van der Waals surface area contributed by atoms with Crippen LogP contribution in [0.5, 0.6) is 11.5 Å². The maximum atomic E-state index is 13.5. The van der Waals surface area contributed by atoms with Crippen LogP contribution in [0, 0.1) is 6.92 Å². The smallest absolute Gasteiger partial charge is 0.483 e. The molecule has 0 spiro atoms. The van der Waals surface area contributed by atoms with Crippen LogP contribution in [0.2, 0.25) is 0 Å². The molecule has 2 aliphatic rings. The molecule has 1 N–H and O–H groups in total. The Morgan fingerprint density at radius 2 is 1.79 bits per heavy atom. The second-order valence-corrected chi connectivity index (χ2v) is 9.79. The van der Waals surface area contributed by atoms with Crippen LogP contribution in [-0.4, -0.2) is 66.2 Å². The molecule has 220 valence electrons. The van der Waals surface area contributed by atoms with Crippen molar-refractivity contribution in [2.45, 2.75) is 25.8 Å². The molecule has 0 aliphatic carbocycles. The fraction of sp³-hybridized carbons (Fsp3) is 0.276. The number of fused-ring (bicyclic) bond motifs is 2. The Balaban J connectivity index is 1.27. The van der Waals surface area contributed by atoms with E-state index in [9.17, 15) is 36.3 Å². The predicted octanol–water partition coefficient (Wildman–Crippen LogP) is 5.18. The molecule has 3 aromatic rings. The van der Waals surface area contributed by atoms with Gasteiger partial charge in [0, 0.05) is 18.7 Å². The van der Waals surface area contributed by atoms with E-state index in [0.29, 0.717) is 16.7 Å². The minimum atomic E-state index is -4.84. The van der Waals surface area contributed by atoms with Crippen molar-refractivity contribution in [2.24, 2.45) is 0 Å². The highest BCUT2D eigenvalue weighted by Crippen LogP contribution is 2.32. The lowest BCUT2D eigenvalue weighted by atomic mass is 9.99. The van der Waals surface area contributed by atoms with Crippen LogP contribution in [-0.2, 0) is 9.59 Å². The minimum Gasteiger partial charge on any atom is -0.483 e. The van der Waals surface area contributed by atoms with Gasteiger partial charge in [-0.2, -0.15) is 0 Å². The normalized spacial score (nSPS) is 16.9. The number of amides is 3. The molecular formula is C29H24F5N3O5. The van der Waals surface area contributed by atoms with E-state index in [2.05, 4.69) is 10.1 Å². The van der Waals surface area contributed by atoms with Crippen molar-refractivity contribution in [3.63, 3.8) is 0 Å². The largest absolute Gasteiger partial charge is 0.573 e. The molecule has 5 rings (SSSR count). The summed E-state index contributed by atoms with van der Waals surface area (Å²) in [6.45, 7) is 1.12. The summed E-state index contributed by atoms with van der Waals surface area (Å²) in [6.07, 6.45) is -7.50. The molecule has 8 nitrogen and oxygen atoms in total. The number of nitrogens with one attached hydrogen (secondary N) is 1. The second kappa shape index (κ2) is 11.3. The molecule has 0 aromatic heterocycles. The molecule has 1 atom stereocenters. The van der Waals surface area contributed by atoms with Gasteiger partial charge in [-0.3, -0.25) is 14.4 Å². The van der Waals surface area contributed by atoms with Crippen LogP contribution in [0.3, 0.4) is 0 Å². The van der Waals surface area contributed by atoms with Gasteiger partial charge in [-0.1, -0.05) is 24.3 Å². The van der Waals surface area contributed by atoms with Crippen molar-refractivity contribution in [1.82, 2.24) is 9.80 Å². The molecule has 2 aliphatic heterocycles. The Bertz CT molecular complexity index is 1540. The van der Waals surface area contributed by atoms with Crippen molar-refractivity contribution in [1.29, 1.82) is 0 Å². The highest BCUT2D eigenvalue weighted by molar-refractivity contribution is 6.10. The van der Waals surface area contributed by atoms with Gasteiger partial charge in [0.1, 0.15) is 17.5 Å². The summed E-state index contributed by atoms with van der Waals surface area (Å²) in [5.41, 5.74) is 1.64. The van der Waals surface area contributed by atoms with Gasteiger partial charge in [0.15, 0.2) is 6.61 Å². The molecule has 1 unspecified atom stereocenters. The Labute approximate surface area is 236 Å². The van der Waals surface area contributed by atoms with E-state index >= 15 is 0 Å². The first-order valence-electron chi connectivity index (χ1n) is 12.8. The minimum absolute atomic E-state index is 0.0513.